The molecule has 0 spiro atoms. The third-order valence-corrected chi connectivity index (χ3v) is 4.29. The first-order valence-electron chi connectivity index (χ1n) is 6.53. The van der Waals surface area contributed by atoms with Crippen molar-refractivity contribution in [2.45, 2.75) is 20.4 Å². The minimum atomic E-state index is 0.549. The molecule has 0 amide bonds. The van der Waals surface area contributed by atoms with Crippen LogP contribution in [-0.4, -0.2) is 18.1 Å². The Bertz CT molecular complexity index is 558. The van der Waals surface area contributed by atoms with Crippen LogP contribution in [-0.2, 0) is 6.54 Å². The monoisotopic (exact) mass is 329 g/mol. The molecule has 0 aliphatic carbocycles. The second-order valence-electron chi connectivity index (χ2n) is 4.25. The van der Waals surface area contributed by atoms with Crippen molar-refractivity contribution in [1.82, 2.24) is 4.98 Å². The van der Waals surface area contributed by atoms with E-state index in [9.17, 15) is 0 Å². The average Bonchev–Trinajstić information content (AvgIpc) is 2.92. The van der Waals surface area contributed by atoms with Gasteiger partial charge < -0.3 is 10.2 Å². The summed E-state index contributed by atoms with van der Waals surface area (Å²) < 4.78 is 0. The van der Waals surface area contributed by atoms with Crippen molar-refractivity contribution in [2.75, 3.05) is 23.3 Å². The predicted octanol–water partition coefficient (Wildman–Crippen LogP) is 4.91. The van der Waals surface area contributed by atoms with E-state index in [0.717, 1.165) is 25.5 Å². The molecule has 0 fully saturated rings. The largest absolute Gasteiger partial charge is 0.369 e. The van der Waals surface area contributed by atoms with Crippen molar-refractivity contribution in [3.05, 3.63) is 38.5 Å². The van der Waals surface area contributed by atoms with Gasteiger partial charge in [0.1, 0.15) is 11.6 Å². The Kier molecular flexibility index (Phi) is 5.52. The van der Waals surface area contributed by atoms with Gasteiger partial charge in [-0.15, -0.1) is 11.3 Å². The number of halogens is 2. The fourth-order valence-electron chi connectivity index (χ4n) is 1.90. The Morgan fingerprint density at radius 3 is 2.70 bits per heavy atom. The van der Waals surface area contributed by atoms with Crippen molar-refractivity contribution in [3.8, 4) is 0 Å². The quantitative estimate of drug-likeness (QED) is 0.816. The van der Waals surface area contributed by atoms with E-state index < -0.39 is 0 Å². The first-order valence-corrected chi connectivity index (χ1v) is 8.16. The Morgan fingerprint density at radius 2 is 2.10 bits per heavy atom. The highest BCUT2D eigenvalue weighted by atomic mass is 35.5. The lowest BCUT2D eigenvalue weighted by molar-refractivity contribution is 0.824. The number of aromatic nitrogens is 1. The molecule has 6 heteroatoms. The van der Waals surface area contributed by atoms with Crippen molar-refractivity contribution >= 4 is 46.2 Å². The summed E-state index contributed by atoms with van der Waals surface area (Å²) in [5, 5.41) is 6.36. The third-order valence-electron chi connectivity index (χ3n) is 2.86. The smallest absolute Gasteiger partial charge is 0.150 e. The molecule has 0 aliphatic rings. The topological polar surface area (TPSA) is 28.2 Å². The number of nitrogens with zero attached hydrogens (tertiary/aromatic N) is 2. The zero-order valence-electron chi connectivity index (χ0n) is 11.5. The maximum atomic E-state index is 6.30. The maximum absolute atomic E-state index is 6.30. The Balaban J connectivity index is 2.30. The van der Waals surface area contributed by atoms with Gasteiger partial charge in [-0.25, -0.2) is 4.98 Å². The van der Waals surface area contributed by atoms with Crippen molar-refractivity contribution in [1.29, 1.82) is 0 Å². The zero-order chi connectivity index (χ0) is 14.5. The summed E-state index contributed by atoms with van der Waals surface area (Å²) in [6, 6.07) is 5.91. The van der Waals surface area contributed by atoms with E-state index in [1.54, 1.807) is 17.4 Å². The minimum Gasteiger partial charge on any atom is -0.369 e. The van der Waals surface area contributed by atoms with Crippen LogP contribution in [0.25, 0.3) is 0 Å². The molecule has 0 bridgehead atoms. The fourth-order valence-corrected chi connectivity index (χ4v) is 3.16. The van der Waals surface area contributed by atoms with Gasteiger partial charge in [-0.3, -0.25) is 0 Å². The summed E-state index contributed by atoms with van der Waals surface area (Å²) >= 11 is 14.2. The van der Waals surface area contributed by atoms with Gasteiger partial charge in [0.05, 0.1) is 16.6 Å². The highest BCUT2D eigenvalue weighted by Gasteiger charge is 2.15. The van der Waals surface area contributed by atoms with Crippen LogP contribution in [0, 0.1) is 0 Å². The highest BCUT2D eigenvalue weighted by molar-refractivity contribution is 7.09. The Labute approximate surface area is 133 Å². The van der Waals surface area contributed by atoms with Gasteiger partial charge in [-0.1, -0.05) is 29.3 Å². The molecule has 0 aromatic carbocycles. The number of anilines is 2. The molecule has 2 heterocycles. The Morgan fingerprint density at radius 1 is 1.30 bits per heavy atom. The molecule has 0 radical (unpaired) electrons. The first-order chi connectivity index (χ1) is 9.65. The van der Waals surface area contributed by atoms with Gasteiger partial charge in [0.15, 0.2) is 0 Å². The van der Waals surface area contributed by atoms with Crippen molar-refractivity contribution in [2.24, 2.45) is 0 Å². The van der Waals surface area contributed by atoms with Crippen LogP contribution in [0.15, 0.2) is 23.6 Å². The SMILES string of the molecule is CCNc1nc(N(CC)Cc2cccs2)c(Cl)cc1Cl. The minimum absolute atomic E-state index is 0.549. The normalized spacial score (nSPS) is 10.6. The van der Waals surface area contributed by atoms with Gasteiger partial charge in [0.25, 0.3) is 0 Å². The highest BCUT2D eigenvalue weighted by Crippen LogP contribution is 2.32. The van der Waals surface area contributed by atoms with Crippen LogP contribution in [0.3, 0.4) is 0 Å². The molecule has 0 aliphatic heterocycles. The predicted molar refractivity (Wildman–Crippen MR) is 89.5 cm³/mol. The van der Waals surface area contributed by atoms with E-state index in [4.69, 9.17) is 23.2 Å². The van der Waals surface area contributed by atoms with Gasteiger partial charge in [-0.2, -0.15) is 0 Å². The lowest BCUT2D eigenvalue weighted by Crippen LogP contribution is -2.23. The summed E-state index contributed by atoms with van der Waals surface area (Å²) in [6.45, 7) is 6.50. The molecule has 2 aromatic heterocycles. The number of hydrogen-bond acceptors (Lipinski definition) is 4. The summed E-state index contributed by atoms with van der Waals surface area (Å²) in [5.41, 5.74) is 0. The molecule has 2 rings (SSSR count). The molecule has 2 aromatic rings. The maximum Gasteiger partial charge on any atom is 0.150 e. The van der Waals surface area contributed by atoms with Crippen LogP contribution in [0.2, 0.25) is 10.0 Å². The molecular formula is C14H17Cl2N3S. The summed E-state index contributed by atoms with van der Waals surface area (Å²) in [5.74, 6) is 1.45. The lowest BCUT2D eigenvalue weighted by atomic mass is 10.3. The molecule has 0 saturated heterocycles. The second-order valence-corrected chi connectivity index (χ2v) is 6.09. The van der Waals surface area contributed by atoms with E-state index in [1.165, 1.54) is 4.88 Å². The van der Waals surface area contributed by atoms with E-state index in [2.05, 4.69) is 39.6 Å². The summed E-state index contributed by atoms with van der Waals surface area (Å²) in [4.78, 5) is 8.00. The van der Waals surface area contributed by atoms with Crippen LogP contribution in [0.5, 0.6) is 0 Å². The first kappa shape index (κ1) is 15.4. The number of rotatable bonds is 6. The molecule has 108 valence electrons. The number of nitrogens with one attached hydrogen (secondary N) is 1. The van der Waals surface area contributed by atoms with Gasteiger partial charge in [0.2, 0.25) is 0 Å². The van der Waals surface area contributed by atoms with Crippen LogP contribution < -0.4 is 10.2 Å². The van der Waals surface area contributed by atoms with Crippen molar-refractivity contribution < 1.29 is 0 Å². The van der Waals surface area contributed by atoms with E-state index in [0.29, 0.717) is 15.9 Å². The number of hydrogen-bond donors (Lipinski definition) is 1. The van der Waals surface area contributed by atoms with Crippen LogP contribution in [0.4, 0.5) is 11.6 Å². The van der Waals surface area contributed by atoms with Gasteiger partial charge >= 0.3 is 0 Å². The van der Waals surface area contributed by atoms with E-state index in [-0.39, 0.29) is 0 Å². The molecule has 20 heavy (non-hydrogen) atoms. The van der Waals surface area contributed by atoms with Crippen molar-refractivity contribution in [3.63, 3.8) is 0 Å². The summed E-state index contributed by atoms with van der Waals surface area (Å²) in [7, 11) is 0. The molecule has 3 nitrogen and oxygen atoms in total. The van der Waals surface area contributed by atoms with E-state index >= 15 is 0 Å². The Hall–Kier alpha value is -0.970. The lowest BCUT2D eigenvalue weighted by Gasteiger charge is -2.23. The van der Waals surface area contributed by atoms with Crippen LogP contribution >= 0.6 is 34.5 Å². The average molecular weight is 330 g/mol. The van der Waals surface area contributed by atoms with Gasteiger partial charge in [0, 0.05) is 18.0 Å². The molecule has 0 atom stereocenters. The van der Waals surface area contributed by atoms with Gasteiger partial charge in [-0.05, 0) is 31.4 Å². The molecular weight excluding hydrogens is 313 g/mol. The van der Waals surface area contributed by atoms with E-state index in [1.807, 2.05) is 6.92 Å². The summed E-state index contributed by atoms with van der Waals surface area (Å²) in [6.07, 6.45) is 0. The molecule has 0 saturated carbocycles. The number of pyridine rings is 1. The standard InChI is InChI=1S/C14H17Cl2N3S/c1-3-17-13-11(15)8-12(16)14(18-13)19(4-2)9-10-6-5-7-20-10/h5-8H,3-4,9H2,1-2H3,(H,17,18). The fraction of sp³-hybridized carbons (Fsp3) is 0.357. The second kappa shape index (κ2) is 7.16. The number of thiophene rings is 1. The molecule has 0 unspecified atom stereocenters. The molecule has 1 N–H and O–H groups in total. The zero-order valence-corrected chi connectivity index (χ0v) is 13.8. The third kappa shape index (κ3) is 3.57. The van der Waals surface area contributed by atoms with Crippen LogP contribution in [0.1, 0.15) is 18.7 Å².